The van der Waals surface area contributed by atoms with Gasteiger partial charge in [0.2, 0.25) is 0 Å². The molecule has 0 aromatic heterocycles. The van der Waals surface area contributed by atoms with Crippen LogP contribution >= 0.6 is 48.8 Å². The van der Waals surface area contributed by atoms with Crippen molar-refractivity contribution in [3.8, 4) is 0 Å². The van der Waals surface area contributed by atoms with Crippen molar-refractivity contribution in [2.45, 2.75) is 9.79 Å². The molecular weight excluding hydrogens is 248 g/mol. The minimum Gasteiger partial charge on any atom is -0.178 e. The molecule has 0 spiro atoms. The van der Waals surface area contributed by atoms with E-state index in [1.165, 1.54) is 9.79 Å². The first-order valence-corrected chi connectivity index (χ1v) is 7.68. The highest BCUT2D eigenvalue weighted by molar-refractivity contribution is 8.00. The van der Waals surface area contributed by atoms with Gasteiger partial charge < -0.3 is 0 Å². The van der Waals surface area contributed by atoms with Crippen LogP contribution in [0.25, 0.3) is 0 Å². The molecule has 0 saturated carbocycles. The maximum atomic E-state index is 4.18. The monoisotopic (exact) mass is 262 g/mol. The molecule has 0 N–H and O–H groups in total. The van der Waals surface area contributed by atoms with Crippen molar-refractivity contribution < 1.29 is 0 Å². The lowest BCUT2D eigenvalue weighted by Crippen LogP contribution is -1.81. The van der Waals surface area contributed by atoms with Crippen molar-refractivity contribution in [1.82, 2.24) is 0 Å². The third kappa shape index (κ3) is 4.91. The van der Waals surface area contributed by atoms with E-state index in [2.05, 4.69) is 49.5 Å². The molecule has 0 radical (unpaired) electrons. The van der Waals surface area contributed by atoms with Gasteiger partial charge in [-0.05, 0) is 35.8 Å². The van der Waals surface area contributed by atoms with Crippen molar-refractivity contribution in [3.05, 3.63) is 24.3 Å². The number of thiol groups is 2. The van der Waals surface area contributed by atoms with Crippen LogP contribution in [0.2, 0.25) is 0 Å². The van der Waals surface area contributed by atoms with Crippen LogP contribution in [-0.4, -0.2) is 23.0 Å². The average molecular weight is 262 g/mol. The highest BCUT2D eigenvalue weighted by Gasteiger charge is 1.95. The summed E-state index contributed by atoms with van der Waals surface area (Å²) in [6, 6.07) is 8.70. The first-order valence-electron chi connectivity index (χ1n) is 4.44. The molecule has 0 unspecified atom stereocenters. The maximum absolute atomic E-state index is 4.18. The standard InChI is InChI=1S/C10H14S4/c11-5-7-13-9-1-2-10(4-3-9)14-8-6-12/h1-4,11-12H,5-8H2. The van der Waals surface area contributed by atoms with Crippen LogP contribution in [0.4, 0.5) is 0 Å². The minimum absolute atomic E-state index is 0.931. The highest BCUT2D eigenvalue weighted by atomic mass is 32.2. The molecule has 1 aromatic carbocycles. The molecule has 4 heteroatoms. The minimum atomic E-state index is 0.931. The Labute approximate surface area is 105 Å². The predicted octanol–water partition coefficient (Wildman–Crippen LogP) is 3.73. The van der Waals surface area contributed by atoms with Crippen molar-refractivity contribution in [1.29, 1.82) is 0 Å². The summed E-state index contributed by atoms with van der Waals surface area (Å²) in [6.45, 7) is 0. The summed E-state index contributed by atoms with van der Waals surface area (Å²) in [5, 5.41) is 0. The largest absolute Gasteiger partial charge is 0.178 e. The lowest BCUT2D eigenvalue weighted by molar-refractivity contribution is 1.34. The molecule has 0 aliphatic carbocycles. The quantitative estimate of drug-likeness (QED) is 0.592. The van der Waals surface area contributed by atoms with Gasteiger partial charge in [0.25, 0.3) is 0 Å². The van der Waals surface area contributed by atoms with Crippen molar-refractivity contribution in [3.63, 3.8) is 0 Å². The Balaban J connectivity index is 2.42. The number of rotatable bonds is 6. The van der Waals surface area contributed by atoms with Crippen LogP contribution in [0.15, 0.2) is 34.1 Å². The molecule has 14 heavy (non-hydrogen) atoms. The molecule has 0 amide bonds. The van der Waals surface area contributed by atoms with E-state index in [0.29, 0.717) is 0 Å². The molecule has 1 aromatic rings. The zero-order valence-electron chi connectivity index (χ0n) is 7.85. The van der Waals surface area contributed by atoms with E-state index in [1.807, 2.05) is 23.5 Å². The highest BCUT2D eigenvalue weighted by Crippen LogP contribution is 2.23. The van der Waals surface area contributed by atoms with Gasteiger partial charge in [-0.15, -0.1) is 23.5 Å². The second kappa shape index (κ2) is 7.85. The van der Waals surface area contributed by atoms with Gasteiger partial charge >= 0.3 is 0 Å². The molecule has 1 rings (SSSR count). The fraction of sp³-hybridized carbons (Fsp3) is 0.400. The Morgan fingerprint density at radius 1 is 0.786 bits per heavy atom. The van der Waals surface area contributed by atoms with Crippen LogP contribution in [-0.2, 0) is 0 Å². The summed E-state index contributed by atoms with van der Waals surface area (Å²) >= 11 is 12.1. The lowest BCUT2D eigenvalue weighted by Gasteiger charge is -2.02. The first kappa shape index (κ1) is 12.7. The zero-order valence-corrected chi connectivity index (χ0v) is 11.3. The van der Waals surface area contributed by atoms with Gasteiger partial charge in [-0.3, -0.25) is 0 Å². The van der Waals surface area contributed by atoms with E-state index in [4.69, 9.17) is 0 Å². The number of hydrogen-bond donors (Lipinski definition) is 2. The van der Waals surface area contributed by atoms with Gasteiger partial charge in [-0.1, -0.05) is 0 Å². The van der Waals surface area contributed by atoms with Crippen molar-refractivity contribution >= 4 is 48.8 Å². The Morgan fingerprint density at radius 3 is 1.43 bits per heavy atom. The van der Waals surface area contributed by atoms with Crippen LogP contribution in [0.5, 0.6) is 0 Å². The topological polar surface area (TPSA) is 0 Å². The van der Waals surface area contributed by atoms with Gasteiger partial charge in [-0.25, -0.2) is 0 Å². The number of benzene rings is 1. The van der Waals surface area contributed by atoms with E-state index in [1.54, 1.807) is 0 Å². The van der Waals surface area contributed by atoms with Crippen LogP contribution < -0.4 is 0 Å². The molecule has 0 aliphatic rings. The first-order chi connectivity index (χ1) is 6.86. The van der Waals surface area contributed by atoms with Crippen LogP contribution in [0, 0.1) is 0 Å². The van der Waals surface area contributed by atoms with Gasteiger partial charge in [0.1, 0.15) is 0 Å². The second-order valence-electron chi connectivity index (χ2n) is 2.62. The van der Waals surface area contributed by atoms with E-state index in [9.17, 15) is 0 Å². The van der Waals surface area contributed by atoms with Crippen LogP contribution in [0.1, 0.15) is 0 Å². The smallest absolute Gasteiger partial charge is 0.00730 e. The number of hydrogen-bond acceptors (Lipinski definition) is 4. The van der Waals surface area contributed by atoms with Crippen LogP contribution in [0.3, 0.4) is 0 Å². The molecule has 0 atom stereocenters. The molecule has 0 heterocycles. The second-order valence-corrected chi connectivity index (χ2v) is 5.85. The molecule has 78 valence electrons. The van der Waals surface area contributed by atoms with E-state index >= 15 is 0 Å². The normalized spacial score (nSPS) is 10.4. The molecule has 0 fully saturated rings. The Kier molecular flexibility index (Phi) is 7.12. The summed E-state index contributed by atoms with van der Waals surface area (Å²) in [6.07, 6.45) is 0. The molecule has 0 nitrogen and oxygen atoms in total. The fourth-order valence-electron chi connectivity index (χ4n) is 0.959. The summed E-state index contributed by atoms with van der Waals surface area (Å²) in [4.78, 5) is 2.66. The van der Waals surface area contributed by atoms with Gasteiger partial charge in [0, 0.05) is 21.3 Å². The Bertz CT molecular complexity index is 218. The lowest BCUT2D eigenvalue weighted by atomic mass is 10.4. The molecular formula is C10H14S4. The summed E-state index contributed by atoms with van der Waals surface area (Å²) < 4.78 is 0. The maximum Gasteiger partial charge on any atom is 0.00730 e. The van der Waals surface area contributed by atoms with E-state index in [0.717, 1.165) is 23.0 Å². The molecule has 0 bridgehead atoms. The molecule has 0 saturated heterocycles. The molecule has 0 aliphatic heterocycles. The average Bonchev–Trinajstić information content (AvgIpc) is 2.25. The third-order valence-electron chi connectivity index (χ3n) is 1.54. The summed E-state index contributed by atoms with van der Waals surface area (Å²) in [5.41, 5.74) is 0. The van der Waals surface area contributed by atoms with Gasteiger partial charge in [0.15, 0.2) is 0 Å². The Morgan fingerprint density at radius 2 is 1.14 bits per heavy atom. The zero-order chi connectivity index (χ0) is 10.2. The van der Waals surface area contributed by atoms with E-state index in [-0.39, 0.29) is 0 Å². The Hall–Kier alpha value is 0.620. The fourth-order valence-corrected chi connectivity index (χ4v) is 2.82. The predicted molar refractivity (Wildman–Crippen MR) is 75.6 cm³/mol. The number of thioether (sulfide) groups is 2. The SMILES string of the molecule is SCCSc1ccc(SCCS)cc1. The van der Waals surface area contributed by atoms with Gasteiger partial charge in [0.05, 0.1) is 0 Å². The summed E-state index contributed by atoms with van der Waals surface area (Å²) in [5.74, 6) is 4.01. The van der Waals surface area contributed by atoms with Gasteiger partial charge in [-0.2, -0.15) is 25.3 Å². The van der Waals surface area contributed by atoms with E-state index < -0.39 is 0 Å². The summed E-state index contributed by atoms with van der Waals surface area (Å²) in [7, 11) is 0. The van der Waals surface area contributed by atoms with Crippen molar-refractivity contribution in [2.24, 2.45) is 0 Å². The third-order valence-corrected chi connectivity index (χ3v) is 4.62. The van der Waals surface area contributed by atoms with Crippen molar-refractivity contribution in [2.75, 3.05) is 23.0 Å².